The zero-order valence-corrected chi connectivity index (χ0v) is 14.4. The molecule has 21 heavy (non-hydrogen) atoms. The standard InChI is InChI=1S/C16H21ClN2OS/c1-5-8-20-15-7-6-13(17)9-14(15)18-10(2)16-11(3)21-12(4)19-16/h6-7,9-10,18H,5,8H2,1-4H3. The molecule has 0 aliphatic carbocycles. The third-order valence-electron chi connectivity index (χ3n) is 3.12. The van der Waals surface area contributed by atoms with Crippen molar-refractivity contribution >= 4 is 28.6 Å². The summed E-state index contributed by atoms with van der Waals surface area (Å²) in [6.07, 6.45) is 0.974. The Morgan fingerprint density at radius 2 is 2.14 bits per heavy atom. The van der Waals surface area contributed by atoms with Crippen LogP contribution in [0.1, 0.15) is 41.9 Å². The van der Waals surface area contributed by atoms with E-state index in [1.165, 1.54) is 4.88 Å². The van der Waals surface area contributed by atoms with Crippen LogP contribution in [0.15, 0.2) is 18.2 Å². The summed E-state index contributed by atoms with van der Waals surface area (Å²) in [5, 5.41) is 5.25. The van der Waals surface area contributed by atoms with Gasteiger partial charge < -0.3 is 10.1 Å². The molecule has 2 rings (SSSR count). The van der Waals surface area contributed by atoms with E-state index in [1.807, 2.05) is 25.1 Å². The molecular weight excluding hydrogens is 304 g/mol. The summed E-state index contributed by atoms with van der Waals surface area (Å²) in [6, 6.07) is 5.77. The molecule has 1 N–H and O–H groups in total. The molecule has 0 aliphatic rings. The number of halogens is 1. The van der Waals surface area contributed by atoms with Crippen molar-refractivity contribution in [3.63, 3.8) is 0 Å². The van der Waals surface area contributed by atoms with Crippen LogP contribution >= 0.6 is 22.9 Å². The largest absolute Gasteiger partial charge is 0.491 e. The summed E-state index contributed by atoms with van der Waals surface area (Å²) < 4.78 is 5.77. The normalized spacial score (nSPS) is 12.2. The molecule has 0 radical (unpaired) electrons. The minimum Gasteiger partial charge on any atom is -0.491 e. The Hall–Kier alpha value is -1.26. The number of rotatable bonds is 6. The van der Waals surface area contributed by atoms with E-state index in [-0.39, 0.29) is 6.04 Å². The molecular formula is C16H21ClN2OS. The molecule has 1 aromatic carbocycles. The van der Waals surface area contributed by atoms with E-state index in [0.717, 1.165) is 28.6 Å². The molecule has 0 saturated carbocycles. The number of anilines is 1. The van der Waals surface area contributed by atoms with E-state index in [9.17, 15) is 0 Å². The number of nitrogens with zero attached hydrogens (tertiary/aromatic N) is 1. The molecule has 0 fully saturated rings. The number of nitrogens with one attached hydrogen (secondary N) is 1. The van der Waals surface area contributed by atoms with E-state index in [2.05, 4.69) is 31.1 Å². The van der Waals surface area contributed by atoms with Gasteiger partial charge in [-0.3, -0.25) is 0 Å². The fourth-order valence-corrected chi connectivity index (χ4v) is 3.29. The van der Waals surface area contributed by atoms with E-state index in [0.29, 0.717) is 11.6 Å². The highest BCUT2D eigenvalue weighted by Gasteiger charge is 2.15. The molecule has 1 unspecified atom stereocenters. The topological polar surface area (TPSA) is 34.1 Å². The highest BCUT2D eigenvalue weighted by Crippen LogP contribution is 2.32. The Morgan fingerprint density at radius 3 is 2.76 bits per heavy atom. The molecule has 5 heteroatoms. The molecule has 1 aromatic heterocycles. The maximum atomic E-state index is 6.11. The second-order valence-corrected chi connectivity index (χ2v) is 6.87. The summed E-state index contributed by atoms with van der Waals surface area (Å²) in [7, 11) is 0. The molecule has 0 aliphatic heterocycles. The Balaban J connectivity index is 2.21. The molecule has 0 saturated heterocycles. The van der Waals surface area contributed by atoms with Crippen LogP contribution in [-0.4, -0.2) is 11.6 Å². The predicted octanol–water partition coefficient (Wildman–Crippen LogP) is 5.38. The molecule has 1 atom stereocenters. The average molecular weight is 325 g/mol. The number of hydrogen-bond acceptors (Lipinski definition) is 4. The molecule has 114 valence electrons. The fraction of sp³-hybridized carbons (Fsp3) is 0.438. The molecule has 0 amide bonds. The van der Waals surface area contributed by atoms with Crippen molar-refractivity contribution in [3.05, 3.63) is 38.8 Å². The maximum absolute atomic E-state index is 6.11. The van der Waals surface area contributed by atoms with Crippen molar-refractivity contribution in [2.45, 2.75) is 40.2 Å². The minimum atomic E-state index is 0.109. The number of thiazole rings is 1. The summed E-state index contributed by atoms with van der Waals surface area (Å²) in [6.45, 7) is 9.02. The Morgan fingerprint density at radius 1 is 1.38 bits per heavy atom. The Labute approximate surface area is 135 Å². The highest BCUT2D eigenvalue weighted by molar-refractivity contribution is 7.11. The van der Waals surface area contributed by atoms with Crippen LogP contribution in [-0.2, 0) is 0 Å². The van der Waals surface area contributed by atoms with Crippen LogP contribution in [0.2, 0.25) is 5.02 Å². The van der Waals surface area contributed by atoms with Gasteiger partial charge in [-0.1, -0.05) is 18.5 Å². The third-order valence-corrected chi connectivity index (χ3v) is 4.26. The fourth-order valence-electron chi connectivity index (χ4n) is 2.20. The summed E-state index contributed by atoms with van der Waals surface area (Å²) in [5.41, 5.74) is 1.99. The Kier molecular flexibility index (Phi) is 5.48. The van der Waals surface area contributed by atoms with Gasteiger partial charge in [0.1, 0.15) is 5.75 Å². The van der Waals surface area contributed by atoms with Gasteiger partial charge in [-0.15, -0.1) is 11.3 Å². The average Bonchev–Trinajstić information content (AvgIpc) is 2.77. The van der Waals surface area contributed by atoms with Crippen LogP contribution in [0, 0.1) is 13.8 Å². The number of hydrogen-bond donors (Lipinski definition) is 1. The first-order chi connectivity index (χ1) is 10.0. The molecule has 2 aromatic rings. The van der Waals surface area contributed by atoms with Gasteiger partial charge in [0, 0.05) is 9.90 Å². The van der Waals surface area contributed by atoms with Gasteiger partial charge >= 0.3 is 0 Å². The SMILES string of the molecule is CCCOc1ccc(Cl)cc1NC(C)c1nc(C)sc1C. The number of aromatic nitrogens is 1. The number of ether oxygens (including phenoxy) is 1. The smallest absolute Gasteiger partial charge is 0.142 e. The van der Waals surface area contributed by atoms with Crippen molar-refractivity contribution in [2.75, 3.05) is 11.9 Å². The number of aryl methyl sites for hydroxylation is 2. The molecule has 3 nitrogen and oxygen atoms in total. The highest BCUT2D eigenvalue weighted by atomic mass is 35.5. The lowest BCUT2D eigenvalue weighted by Gasteiger charge is -2.18. The number of benzene rings is 1. The van der Waals surface area contributed by atoms with E-state index in [4.69, 9.17) is 16.3 Å². The first-order valence-corrected chi connectivity index (χ1v) is 8.33. The van der Waals surface area contributed by atoms with E-state index >= 15 is 0 Å². The van der Waals surface area contributed by atoms with Crippen molar-refractivity contribution in [3.8, 4) is 5.75 Å². The van der Waals surface area contributed by atoms with Crippen LogP contribution in [0.3, 0.4) is 0 Å². The lowest BCUT2D eigenvalue weighted by atomic mass is 10.2. The first kappa shape index (κ1) is 16.1. The van der Waals surface area contributed by atoms with E-state index in [1.54, 1.807) is 11.3 Å². The van der Waals surface area contributed by atoms with Crippen LogP contribution < -0.4 is 10.1 Å². The van der Waals surface area contributed by atoms with Crippen molar-refractivity contribution < 1.29 is 4.74 Å². The lowest BCUT2D eigenvalue weighted by molar-refractivity contribution is 0.318. The van der Waals surface area contributed by atoms with Gasteiger partial charge in [0.15, 0.2) is 0 Å². The van der Waals surface area contributed by atoms with Gasteiger partial charge in [0.25, 0.3) is 0 Å². The van der Waals surface area contributed by atoms with Crippen LogP contribution in [0.25, 0.3) is 0 Å². The van der Waals surface area contributed by atoms with Crippen LogP contribution in [0.4, 0.5) is 5.69 Å². The van der Waals surface area contributed by atoms with Gasteiger partial charge in [-0.05, 0) is 45.4 Å². The summed E-state index contributed by atoms with van der Waals surface area (Å²) >= 11 is 7.83. The van der Waals surface area contributed by atoms with Gasteiger partial charge in [-0.25, -0.2) is 4.98 Å². The zero-order chi connectivity index (χ0) is 15.4. The quantitative estimate of drug-likeness (QED) is 0.775. The third kappa shape index (κ3) is 4.11. The predicted molar refractivity (Wildman–Crippen MR) is 90.9 cm³/mol. The maximum Gasteiger partial charge on any atom is 0.142 e. The molecule has 1 heterocycles. The monoisotopic (exact) mass is 324 g/mol. The van der Waals surface area contributed by atoms with Gasteiger partial charge in [-0.2, -0.15) is 0 Å². The zero-order valence-electron chi connectivity index (χ0n) is 12.9. The first-order valence-electron chi connectivity index (χ1n) is 7.14. The van der Waals surface area contributed by atoms with Crippen molar-refractivity contribution in [1.82, 2.24) is 4.98 Å². The van der Waals surface area contributed by atoms with Crippen molar-refractivity contribution in [1.29, 1.82) is 0 Å². The van der Waals surface area contributed by atoms with Crippen molar-refractivity contribution in [2.24, 2.45) is 0 Å². The second-order valence-electron chi connectivity index (χ2n) is 5.03. The molecule has 0 bridgehead atoms. The van der Waals surface area contributed by atoms with Gasteiger partial charge in [0.2, 0.25) is 0 Å². The Bertz CT molecular complexity index is 612. The van der Waals surface area contributed by atoms with E-state index < -0.39 is 0 Å². The minimum absolute atomic E-state index is 0.109. The summed E-state index contributed by atoms with van der Waals surface area (Å²) in [4.78, 5) is 5.84. The van der Waals surface area contributed by atoms with Crippen LogP contribution in [0.5, 0.6) is 5.75 Å². The lowest BCUT2D eigenvalue weighted by Crippen LogP contribution is -2.10. The van der Waals surface area contributed by atoms with Gasteiger partial charge in [0.05, 0.1) is 29.0 Å². The molecule has 0 spiro atoms. The summed E-state index contributed by atoms with van der Waals surface area (Å²) in [5.74, 6) is 0.831. The second kappa shape index (κ2) is 7.14.